The minimum Gasteiger partial charge on any atom is -0.297 e. The van der Waals surface area contributed by atoms with Crippen molar-refractivity contribution in [2.24, 2.45) is 0 Å². The number of benzene rings is 1. The number of aromatic amines is 1. The Morgan fingerprint density at radius 2 is 1.95 bits per heavy atom. The number of nitrogens with zero attached hydrogens (tertiary/aromatic N) is 1. The summed E-state index contributed by atoms with van der Waals surface area (Å²) in [5, 5.41) is 0.0464. The minimum absolute atomic E-state index is 0.0464. The van der Waals surface area contributed by atoms with E-state index in [1.54, 1.807) is 20.8 Å². The normalized spacial score (nSPS) is 11.1. The second-order valence-electron chi connectivity index (χ2n) is 4.89. The van der Waals surface area contributed by atoms with E-state index in [9.17, 15) is 14.0 Å². The van der Waals surface area contributed by atoms with E-state index in [-0.39, 0.29) is 11.1 Å². The molecule has 106 valence electrons. The summed E-state index contributed by atoms with van der Waals surface area (Å²) in [6.07, 6.45) is 0. The van der Waals surface area contributed by atoms with Gasteiger partial charge in [-0.25, -0.2) is 13.8 Å². The first-order valence-electron chi connectivity index (χ1n) is 6.14. The summed E-state index contributed by atoms with van der Waals surface area (Å²) in [5.74, 6) is -0.532. The fraction of sp³-hybridized carbons (Fsp3) is 0.286. The Balaban J connectivity index is 2.81. The molecule has 4 nitrogen and oxygen atoms in total. The Bertz CT molecular complexity index is 778. The molecule has 2 aromatic rings. The van der Waals surface area contributed by atoms with Crippen LogP contribution in [0.2, 0.25) is 5.15 Å². The number of H-pyrrole nitrogens is 1. The van der Waals surface area contributed by atoms with Gasteiger partial charge in [-0.15, -0.1) is 0 Å². The maximum atomic E-state index is 13.3. The van der Waals surface area contributed by atoms with E-state index in [4.69, 9.17) is 11.6 Å². The molecule has 20 heavy (non-hydrogen) atoms. The van der Waals surface area contributed by atoms with Crippen LogP contribution < -0.4 is 11.2 Å². The molecule has 0 bridgehead atoms. The molecule has 0 fully saturated rings. The van der Waals surface area contributed by atoms with E-state index in [2.05, 4.69) is 4.98 Å². The first-order chi connectivity index (χ1) is 9.32. The molecule has 6 heteroatoms. The average molecular weight is 297 g/mol. The summed E-state index contributed by atoms with van der Waals surface area (Å²) in [6, 6.07) is 4.06. The van der Waals surface area contributed by atoms with Crippen LogP contribution in [-0.2, 0) is 0 Å². The zero-order valence-corrected chi connectivity index (χ0v) is 12.1. The van der Waals surface area contributed by atoms with E-state index < -0.39 is 17.1 Å². The minimum atomic E-state index is -0.643. The fourth-order valence-corrected chi connectivity index (χ4v) is 2.41. The van der Waals surface area contributed by atoms with Crippen molar-refractivity contribution in [1.29, 1.82) is 0 Å². The number of hydrogen-bond donors (Lipinski definition) is 1. The SMILES string of the molecule is Cc1cc(-n2c(=O)[nH]c(Cl)c(C(C)C)c2=O)ccc1F. The molecule has 1 aromatic carbocycles. The van der Waals surface area contributed by atoms with Crippen LogP contribution >= 0.6 is 11.6 Å². The number of halogens is 2. The third-order valence-electron chi connectivity index (χ3n) is 3.07. The maximum Gasteiger partial charge on any atom is 0.334 e. The zero-order valence-electron chi connectivity index (χ0n) is 11.3. The van der Waals surface area contributed by atoms with Crippen LogP contribution in [0.25, 0.3) is 5.69 Å². The van der Waals surface area contributed by atoms with Gasteiger partial charge >= 0.3 is 5.69 Å². The van der Waals surface area contributed by atoms with Crippen molar-refractivity contribution in [2.75, 3.05) is 0 Å². The first kappa shape index (κ1) is 14.5. The fourth-order valence-electron chi connectivity index (χ4n) is 2.03. The Morgan fingerprint density at radius 3 is 2.50 bits per heavy atom. The molecular formula is C14H14ClFN2O2. The van der Waals surface area contributed by atoms with Gasteiger partial charge in [-0.3, -0.25) is 9.78 Å². The largest absolute Gasteiger partial charge is 0.334 e. The number of aromatic nitrogens is 2. The molecule has 0 saturated carbocycles. The second kappa shape index (κ2) is 5.25. The maximum absolute atomic E-state index is 13.3. The van der Waals surface area contributed by atoms with E-state index >= 15 is 0 Å². The summed E-state index contributed by atoms with van der Waals surface area (Å²) in [7, 11) is 0. The van der Waals surface area contributed by atoms with E-state index in [0.717, 1.165) is 4.57 Å². The molecule has 1 aromatic heterocycles. The number of rotatable bonds is 2. The van der Waals surface area contributed by atoms with Crippen LogP contribution in [0.5, 0.6) is 0 Å². The van der Waals surface area contributed by atoms with E-state index in [1.165, 1.54) is 18.2 Å². The molecule has 1 heterocycles. The van der Waals surface area contributed by atoms with Crippen LogP contribution in [0.15, 0.2) is 27.8 Å². The van der Waals surface area contributed by atoms with Crippen molar-refractivity contribution in [3.63, 3.8) is 0 Å². The Labute approximate surface area is 119 Å². The van der Waals surface area contributed by atoms with Crippen molar-refractivity contribution in [1.82, 2.24) is 9.55 Å². The molecule has 0 aliphatic carbocycles. The van der Waals surface area contributed by atoms with Crippen molar-refractivity contribution >= 4 is 11.6 Å². The van der Waals surface area contributed by atoms with Crippen molar-refractivity contribution in [3.05, 3.63) is 61.1 Å². The van der Waals surface area contributed by atoms with Crippen LogP contribution in [0, 0.1) is 12.7 Å². The molecule has 0 aliphatic heterocycles. The quantitative estimate of drug-likeness (QED) is 0.866. The van der Waals surface area contributed by atoms with Gasteiger partial charge in [-0.2, -0.15) is 0 Å². The number of hydrogen-bond acceptors (Lipinski definition) is 2. The Kier molecular flexibility index (Phi) is 3.81. The van der Waals surface area contributed by atoms with Gasteiger partial charge in [0.1, 0.15) is 11.0 Å². The molecule has 0 atom stereocenters. The average Bonchev–Trinajstić information content (AvgIpc) is 2.32. The molecule has 0 radical (unpaired) electrons. The third-order valence-corrected chi connectivity index (χ3v) is 3.36. The van der Waals surface area contributed by atoms with Crippen molar-refractivity contribution in [3.8, 4) is 5.69 Å². The summed E-state index contributed by atoms with van der Waals surface area (Å²) in [6.45, 7) is 5.18. The van der Waals surface area contributed by atoms with Gasteiger partial charge < -0.3 is 0 Å². The number of aryl methyl sites for hydroxylation is 1. The molecule has 0 unspecified atom stereocenters. The Hall–Kier alpha value is -1.88. The predicted octanol–water partition coefficient (Wildman–Crippen LogP) is 2.75. The van der Waals surface area contributed by atoms with Crippen LogP contribution in [0.4, 0.5) is 4.39 Å². The molecule has 0 saturated heterocycles. The third kappa shape index (κ3) is 2.41. The standard InChI is InChI=1S/C14H14ClFN2O2/c1-7(2)11-12(15)17-14(20)18(13(11)19)9-4-5-10(16)8(3)6-9/h4-7H,1-3H3,(H,17,20). The van der Waals surface area contributed by atoms with E-state index in [0.29, 0.717) is 16.8 Å². The van der Waals surface area contributed by atoms with Crippen molar-refractivity contribution < 1.29 is 4.39 Å². The van der Waals surface area contributed by atoms with Crippen LogP contribution in [0.1, 0.15) is 30.9 Å². The lowest BCUT2D eigenvalue weighted by Gasteiger charge is -2.11. The van der Waals surface area contributed by atoms with Gasteiger partial charge in [0.2, 0.25) is 0 Å². The summed E-state index contributed by atoms with van der Waals surface area (Å²) in [4.78, 5) is 26.8. The topological polar surface area (TPSA) is 54.9 Å². The molecule has 0 amide bonds. The highest BCUT2D eigenvalue weighted by Gasteiger charge is 2.17. The molecule has 0 aliphatic rings. The highest BCUT2D eigenvalue weighted by molar-refractivity contribution is 6.30. The van der Waals surface area contributed by atoms with Gasteiger partial charge in [-0.05, 0) is 36.6 Å². The lowest BCUT2D eigenvalue weighted by Crippen LogP contribution is -2.36. The Morgan fingerprint density at radius 1 is 1.30 bits per heavy atom. The van der Waals surface area contributed by atoms with Gasteiger partial charge in [-0.1, -0.05) is 25.4 Å². The second-order valence-corrected chi connectivity index (χ2v) is 5.26. The molecular weight excluding hydrogens is 283 g/mol. The van der Waals surface area contributed by atoms with Crippen molar-refractivity contribution in [2.45, 2.75) is 26.7 Å². The number of nitrogens with one attached hydrogen (secondary N) is 1. The predicted molar refractivity (Wildman–Crippen MR) is 76.5 cm³/mol. The van der Waals surface area contributed by atoms with Gasteiger partial charge in [0.15, 0.2) is 0 Å². The highest BCUT2D eigenvalue weighted by Crippen LogP contribution is 2.18. The lowest BCUT2D eigenvalue weighted by atomic mass is 10.1. The summed E-state index contributed by atoms with van der Waals surface area (Å²) < 4.78 is 14.3. The smallest absolute Gasteiger partial charge is 0.297 e. The van der Waals surface area contributed by atoms with Gasteiger partial charge in [0, 0.05) is 0 Å². The lowest BCUT2D eigenvalue weighted by molar-refractivity contribution is 0.617. The van der Waals surface area contributed by atoms with Gasteiger partial charge in [0.25, 0.3) is 5.56 Å². The highest BCUT2D eigenvalue weighted by atomic mass is 35.5. The monoisotopic (exact) mass is 296 g/mol. The van der Waals surface area contributed by atoms with Crippen LogP contribution in [0.3, 0.4) is 0 Å². The van der Waals surface area contributed by atoms with Crippen LogP contribution in [-0.4, -0.2) is 9.55 Å². The van der Waals surface area contributed by atoms with E-state index in [1.807, 2.05) is 0 Å². The molecule has 0 spiro atoms. The zero-order chi connectivity index (χ0) is 15.0. The first-order valence-corrected chi connectivity index (χ1v) is 6.52. The summed E-state index contributed by atoms with van der Waals surface area (Å²) in [5.41, 5.74) is -0.132. The van der Waals surface area contributed by atoms with Gasteiger partial charge in [0.05, 0.1) is 11.3 Å². The molecule has 2 rings (SSSR count). The summed E-state index contributed by atoms with van der Waals surface area (Å²) >= 11 is 5.92. The molecule has 1 N–H and O–H groups in total.